The number of benzene rings is 1. The number of hydrogen-bond donors (Lipinski definition) is 1. The molecule has 1 aliphatic heterocycles. The van der Waals surface area contributed by atoms with Crippen LogP contribution in [0.3, 0.4) is 0 Å². The zero-order chi connectivity index (χ0) is 23.7. The van der Waals surface area contributed by atoms with Crippen molar-refractivity contribution in [1.82, 2.24) is 10.2 Å². The molecule has 0 aliphatic carbocycles. The van der Waals surface area contributed by atoms with Crippen LogP contribution in [-0.4, -0.2) is 56.4 Å². The van der Waals surface area contributed by atoms with Gasteiger partial charge in [0, 0.05) is 24.9 Å². The molecule has 8 heteroatoms. The van der Waals surface area contributed by atoms with E-state index in [0.717, 1.165) is 11.8 Å². The molecule has 0 aromatic heterocycles. The second-order valence-corrected chi connectivity index (χ2v) is 15.9. The fourth-order valence-corrected chi connectivity index (χ4v) is 5.79. The van der Waals surface area contributed by atoms with Gasteiger partial charge < -0.3 is 14.6 Å². The Labute approximate surface area is 191 Å². The third kappa shape index (κ3) is 5.59. The topological polar surface area (TPSA) is 75.7 Å². The molecule has 31 heavy (non-hydrogen) atoms. The van der Waals surface area contributed by atoms with E-state index in [0.29, 0.717) is 10.5 Å². The van der Waals surface area contributed by atoms with Gasteiger partial charge in [-0.25, -0.2) is 0 Å². The first-order valence-corrected chi connectivity index (χ1v) is 14.4. The smallest absolute Gasteiger partial charge is 0.254 e. The van der Waals surface area contributed by atoms with E-state index < -0.39 is 14.2 Å². The Balaban J connectivity index is 2.13. The van der Waals surface area contributed by atoms with Gasteiger partial charge in [-0.2, -0.15) is 0 Å². The summed E-state index contributed by atoms with van der Waals surface area (Å²) in [6.07, 6.45) is -0.262. The molecule has 0 spiro atoms. The highest BCUT2D eigenvalue weighted by atomic mass is 32.2. The van der Waals surface area contributed by atoms with Gasteiger partial charge in [0.25, 0.3) is 5.91 Å². The van der Waals surface area contributed by atoms with Crippen molar-refractivity contribution >= 4 is 37.0 Å². The van der Waals surface area contributed by atoms with Crippen LogP contribution < -0.4 is 5.32 Å². The lowest BCUT2D eigenvalue weighted by Gasteiger charge is -2.46. The third-order valence-corrected chi connectivity index (χ3v) is 12.2. The average Bonchev–Trinajstić information content (AvgIpc) is 2.63. The Morgan fingerprint density at radius 3 is 2.26 bits per heavy atom. The Morgan fingerprint density at radius 2 is 1.74 bits per heavy atom. The summed E-state index contributed by atoms with van der Waals surface area (Å²) in [4.78, 5) is 40.0. The van der Waals surface area contributed by atoms with Gasteiger partial charge in [-0.3, -0.25) is 14.4 Å². The van der Waals surface area contributed by atoms with Crippen LogP contribution in [-0.2, 0) is 14.0 Å². The fourth-order valence-electron chi connectivity index (χ4n) is 3.39. The highest BCUT2D eigenvalue weighted by Crippen LogP contribution is 2.40. The predicted molar refractivity (Wildman–Crippen MR) is 128 cm³/mol. The Hall–Kier alpha value is -1.64. The zero-order valence-corrected chi connectivity index (χ0v) is 21.9. The quantitative estimate of drug-likeness (QED) is 0.372. The van der Waals surface area contributed by atoms with Crippen molar-refractivity contribution < 1.29 is 18.8 Å². The summed E-state index contributed by atoms with van der Waals surface area (Å²) in [5.41, 5.74) is 0.502. The molecule has 0 unspecified atom stereocenters. The standard InChI is InChI=1S/C23H36N2O4SSi/c1-14(22(28)30-17-13-11-10-12-16(17)21(27)25(6)7)19-18(20(26)24-19)15(2)29-31(8,9)23(3,4)5/h10-15,18-19H,1-9H3,(H,24,26)/t14-,15-,18-,19-/m1/s1. The van der Waals surface area contributed by atoms with Crippen molar-refractivity contribution in [2.75, 3.05) is 14.1 Å². The Kier molecular flexibility index (Phi) is 7.82. The number of β-lactam (4-membered cyclic amide) rings is 1. The van der Waals surface area contributed by atoms with E-state index in [9.17, 15) is 14.4 Å². The molecule has 1 N–H and O–H groups in total. The van der Waals surface area contributed by atoms with Gasteiger partial charge in [-0.15, -0.1) is 0 Å². The molecule has 4 atom stereocenters. The number of rotatable bonds is 7. The van der Waals surface area contributed by atoms with Crippen LogP contribution in [0.2, 0.25) is 18.1 Å². The summed E-state index contributed by atoms with van der Waals surface area (Å²) in [7, 11) is 1.34. The molecule has 1 saturated heterocycles. The van der Waals surface area contributed by atoms with Crippen molar-refractivity contribution in [2.24, 2.45) is 11.8 Å². The molecule has 0 radical (unpaired) electrons. The molecule has 2 rings (SSSR count). The number of amides is 2. The van der Waals surface area contributed by atoms with Crippen LogP contribution in [0.15, 0.2) is 29.2 Å². The monoisotopic (exact) mass is 464 g/mol. The summed E-state index contributed by atoms with van der Waals surface area (Å²) < 4.78 is 6.44. The summed E-state index contributed by atoms with van der Waals surface area (Å²) in [6.45, 7) is 14.6. The lowest BCUT2D eigenvalue weighted by Crippen LogP contribution is -2.66. The Morgan fingerprint density at radius 1 is 1.16 bits per heavy atom. The Bertz CT molecular complexity index is 850. The molecule has 2 amide bonds. The van der Waals surface area contributed by atoms with Crippen LogP contribution in [0.5, 0.6) is 0 Å². The van der Waals surface area contributed by atoms with Crippen LogP contribution in [0, 0.1) is 11.8 Å². The lowest BCUT2D eigenvalue weighted by atomic mass is 9.79. The minimum Gasteiger partial charge on any atom is -0.413 e. The van der Waals surface area contributed by atoms with Gasteiger partial charge >= 0.3 is 0 Å². The number of carbonyl (C=O) groups is 3. The lowest BCUT2D eigenvalue weighted by molar-refractivity contribution is -0.143. The number of nitrogens with one attached hydrogen (secondary N) is 1. The van der Waals surface area contributed by atoms with Crippen LogP contribution in [0.25, 0.3) is 0 Å². The molecular formula is C23H36N2O4SSi. The van der Waals surface area contributed by atoms with Crippen molar-refractivity contribution in [2.45, 2.75) is 69.8 Å². The molecule has 1 fully saturated rings. The molecular weight excluding hydrogens is 428 g/mol. The number of thioether (sulfide) groups is 1. The predicted octanol–water partition coefficient (Wildman–Crippen LogP) is 4.17. The first-order valence-electron chi connectivity index (χ1n) is 10.7. The molecule has 1 aliphatic rings. The van der Waals surface area contributed by atoms with Crippen molar-refractivity contribution in [3.63, 3.8) is 0 Å². The summed E-state index contributed by atoms with van der Waals surface area (Å²) in [6, 6.07) is 6.84. The van der Waals surface area contributed by atoms with Gasteiger partial charge in [-0.05, 0) is 37.2 Å². The normalized spacial score (nSPS) is 21.0. The maximum Gasteiger partial charge on any atom is 0.254 e. The van der Waals surface area contributed by atoms with Crippen molar-refractivity contribution in [1.29, 1.82) is 0 Å². The SMILES string of the molecule is C[C@@H](O[Si](C)(C)C(C)(C)C)[C@H]1C(=O)N[C@@H]1[C@@H](C)C(=O)Sc1ccccc1C(=O)N(C)C. The zero-order valence-electron chi connectivity index (χ0n) is 20.1. The fraction of sp³-hybridized carbons (Fsp3) is 0.609. The number of nitrogens with zero attached hydrogens (tertiary/aromatic N) is 1. The number of carbonyl (C=O) groups excluding carboxylic acids is 3. The highest BCUT2D eigenvalue weighted by molar-refractivity contribution is 8.13. The van der Waals surface area contributed by atoms with Gasteiger partial charge in [-0.1, -0.05) is 51.6 Å². The summed E-state index contributed by atoms with van der Waals surface area (Å²) in [5.74, 6) is -0.966. The van der Waals surface area contributed by atoms with E-state index >= 15 is 0 Å². The van der Waals surface area contributed by atoms with Gasteiger partial charge in [0.05, 0.1) is 23.6 Å². The second-order valence-electron chi connectivity index (χ2n) is 10.0. The summed E-state index contributed by atoms with van der Waals surface area (Å²) >= 11 is 1.06. The van der Waals surface area contributed by atoms with Gasteiger partial charge in [0.15, 0.2) is 13.4 Å². The maximum atomic E-state index is 13.1. The molecule has 1 aromatic rings. The minimum atomic E-state index is -2.04. The van der Waals surface area contributed by atoms with Crippen LogP contribution in [0.4, 0.5) is 0 Å². The highest BCUT2D eigenvalue weighted by Gasteiger charge is 2.50. The first-order chi connectivity index (χ1) is 14.2. The van der Waals surface area contributed by atoms with E-state index in [-0.39, 0.29) is 40.0 Å². The second kappa shape index (κ2) is 9.46. The van der Waals surface area contributed by atoms with Crippen molar-refractivity contribution in [3.05, 3.63) is 29.8 Å². The van der Waals surface area contributed by atoms with Crippen LogP contribution in [0.1, 0.15) is 45.0 Å². The van der Waals surface area contributed by atoms with E-state index in [1.165, 1.54) is 4.90 Å². The van der Waals surface area contributed by atoms with E-state index in [2.05, 4.69) is 39.2 Å². The maximum absolute atomic E-state index is 13.1. The van der Waals surface area contributed by atoms with Gasteiger partial charge in [0.2, 0.25) is 5.91 Å². The largest absolute Gasteiger partial charge is 0.413 e. The van der Waals surface area contributed by atoms with Crippen LogP contribution >= 0.6 is 11.8 Å². The number of hydrogen-bond acceptors (Lipinski definition) is 5. The average molecular weight is 465 g/mol. The first kappa shape index (κ1) is 25.6. The van der Waals surface area contributed by atoms with E-state index in [1.807, 2.05) is 19.9 Å². The van der Waals surface area contributed by atoms with E-state index in [4.69, 9.17) is 4.43 Å². The minimum absolute atomic E-state index is 0.0386. The molecule has 0 saturated carbocycles. The molecule has 0 bridgehead atoms. The summed E-state index contributed by atoms with van der Waals surface area (Å²) in [5, 5.41) is 2.87. The molecule has 6 nitrogen and oxygen atoms in total. The molecule has 1 heterocycles. The van der Waals surface area contributed by atoms with Gasteiger partial charge in [0.1, 0.15) is 0 Å². The molecule has 172 valence electrons. The van der Waals surface area contributed by atoms with E-state index in [1.54, 1.807) is 32.3 Å². The molecule has 1 aromatic carbocycles. The van der Waals surface area contributed by atoms with Crippen molar-refractivity contribution in [3.8, 4) is 0 Å². The third-order valence-electron chi connectivity index (χ3n) is 6.44.